The molecule has 118 valence electrons. The van der Waals surface area contributed by atoms with Crippen LogP contribution >= 0.6 is 0 Å². The van der Waals surface area contributed by atoms with Crippen molar-refractivity contribution in [3.05, 3.63) is 0 Å². The topological polar surface area (TPSA) is 116 Å². The standard InChI is InChI=1S/C11H23N3O5S/c1-8(2)9(10(15)16)7-13-11(17)12-5-6-20(18,19)14(3)4/h8-9H,5-7H2,1-4H3,(H,15,16)(H2,12,13,17). The van der Waals surface area contributed by atoms with Crippen LogP contribution in [-0.4, -0.2) is 62.8 Å². The Morgan fingerprint density at radius 3 is 2.15 bits per heavy atom. The average molecular weight is 309 g/mol. The Hall–Kier alpha value is -1.35. The fourth-order valence-corrected chi connectivity index (χ4v) is 2.07. The summed E-state index contributed by atoms with van der Waals surface area (Å²) in [6.45, 7) is 3.47. The van der Waals surface area contributed by atoms with Gasteiger partial charge in [-0.25, -0.2) is 17.5 Å². The highest BCUT2D eigenvalue weighted by molar-refractivity contribution is 7.89. The number of nitrogens with zero attached hydrogens (tertiary/aromatic N) is 1. The number of hydrogen-bond acceptors (Lipinski definition) is 4. The van der Waals surface area contributed by atoms with E-state index in [4.69, 9.17) is 5.11 Å². The second kappa shape index (κ2) is 8.05. The van der Waals surface area contributed by atoms with Gasteiger partial charge in [0.15, 0.2) is 0 Å². The number of carbonyl (C=O) groups is 2. The van der Waals surface area contributed by atoms with Crippen LogP contribution in [0.5, 0.6) is 0 Å². The number of urea groups is 1. The van der Waals surface area contributed by atoms with E-state index < -0.39 is 27.9 Å². The lowest BCUT2D eigenvalue weighted by molar-refractivity contribution is -0.142. The molecule has 2 amide bonds. The van der Waals surface area contributed by atoms with E-state index in [1.54, 1.807) is 13.8 Å². The fraction of sp³-hybridized carbons (Fsp3) is 0.818. The zero-order chi connectivity index (χ0) is 15.9. The molecule has 9 heteroatoms. The molecule has 0 radical (unpaired) electrons. The SMILES string of the molecule is CC(C)C(CNC(=O)NCCS(=O)(=O)N(C)C)C(=O)O. The van der Waals surface area contributed by atoms with Crippen molar-refractivity contribution in [1.29, 1.82) is 0 Å². The van der Waals surface area contributed by atoms with E-state index in [0.29, 0.717) is 0 Å². The van der Waals surface area contributed by atoms with Crippen LogP contribution in [0.4, 0.5) is 4.79 Å². The third-order valence-electron chi connectivity index (χ3n) is 2.81. The Labute approximate surface area is 119 Å². The maximum absolute atomic E-state index is 11.4. The first kappa shape index (κ1) is 18.7. The molecule has 1 unspecified atom stereocenters. The summed E-state index contributed by atoms with van der Waals surface area (Å²) in [5.74, 6) is -1.97. The number of carboxylic acids is 1. The number of sulfonamides is 1. The van der Waals surface area contributed by atoms with Gasteiger partial charge in [0, 0.05) is 27.2 Å². The molecule has 0 aromatic heterocycles. The maximum Gasteiger partial charge on any atom is 0.314 e. The second-order valence-corrected chi connectivity index (χ2v) is 7.23. The minimum Gasteiger partial charge on any atom is -0.481 e. The molecule has 20 heavy (non-hydrogen) atoms. The van der Waals surface area contributed by atoms with Gasteiger partial charge < -0.3 is 15.7 Å². The van der Waals surface area contributed by atoms with Gasteiger partial charge in [0.2, 0.25) is 10.0 Å². The molecule has 0 spiro atoms. The summed E-state index contributed by atoms with van der Waals surface area (Å²) in [6.07, 6.45) is 0. The number of nitrogens with one attached hydrogen (secondary N) is 2. The molecule has 0 aromatic carbocycles. The lowest BCUT2D eigenvalue weighted by Gasteiger charge is -2.17. The first-order valence-corrected chi connectivity index (χ1v) is 7.83. The number of carboxylic acid groups (broad SMARTS) is 1. The summed E-state index contributed by atoms with van der Waals surface area (Å²) in [5.41, 5.74) is 0. The number of hydrogen-bond donors (Lipinski definition) is 3. The van der Waals surface area contributed by atoms with E-state index in [2.05, 4.69) is 10.6 Å². The molecular formula is C11H23N3O5S. The molecule has 3 N–H and O–H groups in total. The van der Waals surface area contributed by atoms with Gasteiger partial charge in [-0.05, 0) is 5.92 Å². The van der Waals surface area contributed by atoms with Crippen LogP contribution in [0.15, 0.2) is 0 Å². The molecule has 0 saturated carbocycles. The van der Waals surface area contributed by atoms with Crippen molar-refractivity contribution in [3.63, 3.8) is 0 Å². The lowest BCUT2D eigenvalue weighted by Crippen LogP contribution is -2.43. The van der Waals surface area contributed by atoms with Crippen LogP contribution in [0.2, 0.25) is 0 Å². The molecule has 0 heterocycles. The van der Waals surface area contributed by atoms with Crippen molar-refractivity contribution in [2.75, 3.05) is 32.9 Å². The predicted molar refractivity (Wildman–Crippen MR) is 74.8 cm³/mol. The van der Waals surface area contributed by atoms with Crippen molar-refractivity contribution >= 4 is 22.0 Å². The largest absolute Gasteiger partial charge is 0.481 e. The molecule has 8 nitrogen and oxygen atoms in total. The number of rotatable bonds is 8. The highest BCUT2D eigenvalue weighted by Crippen LogP contribution is 2.09. The number of amides is 2. The Morgan fingerprint density at radius 2 is 1.75 bits per heavy atom. The van der Waals surface area contributed by atoms with Crippen molar-refractivity contribution in [3.8, 4) is 0 Å². The summed E-state index contributed by atoms with van der Waals surface area (Å²) < 4.78 is 23.9. The van der Waals surface area contributed by atoms with Gasteiger partial charge in [-0.15, -0.1) is 0 Å². The highest BCUT2D eigenvalue weighted by atomic mass is 32.2. The summed E-state index contributed by atoms with van der Waals surface area (Å²) in [4.78, 5) is 22.3. The van der Waals surface area contributed by atoms with Gasteiger partial charge in [-0.3, -0.25) is 4.79 Å². The van der Waals surface area contributed by atoms with Gasteiger partial charge in [-0.1, -0.05) is 13.8 Å². The van der Waals surface area contributed by atoms with E-state index in [1.807, 2.05) is 0 Å². The Bertz CT molecular complexity index is 433. The third kappa shape index (κ3) is 6.71. The van der Waals surface area contributed by atoms with Crippen LogP contribution in [0.1, 0.15) is 13.8 Å². The summed E-state index contributed by atoms with van der Waals surface area (Å²) in [5, 5.41) is 13.7. The third-order valence-corrected chi connectivity index (χ3v) is 4.64. The summed E-state index contributed by atoms with van der Waals surface area (Å²) in [7, 11) is -0.531. The van der Waals surface area contributed by atoms with Gasteiger partial charge in [-0.2, -0.15) is 0 Å². The zero-order valence-electron chi connectivity index (χ0n) is 12.2. The Kier molecular flexibility index (Phi) is 7.51. The van der Waals surface area contributed by atoms with E-state index >= 15 is 0 Å². The van der Waals surface area contributed by atoms with Crippen molar-refractivity contribution < 1.29 is 23.1 Å². The van der Waals surface area contributed by atoms with E-state index in [9.17, 15) is 18.0 Å². The molecule has 0 aliphatic heterocycles. The zero-order valence-corrected chi connectivity index (χ0v) is 13.0. The number of carbonyl (C=O) groups excluding carboxylic acids is 1. The molecule has 0 aliphatic carbocycles. The van der Waals surface area contributed by atoms with Crippen LogP contribution in [-0.2, 0) is 14.8 Å². The molecular weight excluding hydrogens is 286 g/mol. The highest BCUT2D eigenvalue weighted by Gasteiger charge is 2.22. The molecule has 0 saturated heterocycles. The molecule has 0 aliphatic rings. The number of aliphatic carboxylic acids is 1. The van der Waals surface area contributed by atoms with Crippen molar-refractivity contribution in [2.45, 2.75) is 13.8 Å². The van der Waals surface area contributed by atoms with Crippen molar-refractivity contribution in [2.24, 2.45) is 11.8 Å². The molecule has 0 fully saturated rings. The first-order valence-electron chi connectivity index (χ1n) is 6.22. The Morgan fingerprint density at radius 1 is 1.20 bits per heavy atom. The molecule has 1 atom stereocenters. The van der Waals surface area contributed by atoms with Gasteiger partial charge in [0.25, 0.3) is 0 Å². The van der Waals surface area contributed by atoms with Crippen molar-refractivity contribution in [1.82, 2.24) is 14.9 Å². The van der Waals surface area contributed by atoms with Gasteiger partial charge in [0.05, 0.1) is 11.7 Å². The van der Waals surface area contributed by atoms with Crippen LogP contribution in [0.3, 0.4) is 0 Å². The quantitative estimate of drug-likeness (QED) is 0.561. The first-order chi connectivity index (χ1) is 9.08. The summed E-state index contributed by atoms with van der Waals surface area (Å²) in [6, 6.07) is -0.578. The predicted octanol–water partition coefficient (Wildman–Crippen LogP) is -0.466. The van der Waals surface area contributed by atoms with E-state index in [0.717, 1.165) is 4.31 Å². The van der Waals surface area contributed by atoms with Gasteiger partial charge in [0.1, 0.15) is 0 Å². The van der Waals surface area contributed by atoms with Gasteiger partial charge >= 0.3 is 12.0 Å². The van der Waals surface area contributed by atoms with Crippen LogP contribution in [0.25, 0.3) is 0 Å². The Balaban J connectivity index is 4.11. The molecule has 0 bridgehead atoms. The normalized spacial score (nSPS) is 13.3. The monoisotopic (exact) mass is 309 g/mol. The lowest BCUT2D eigenvalue weighted by atomic mass is 9.96. The summed E-state index contributed by atoms with van der Waals surface area (Å²) >= 11 is 0. The maximum atomic E-state index is 11.4. The van der Waals surface area contributed by atoms with E-state index in [-0.39, 0.29) is 24.8 Å². The minimum atomic E-state index is -3.36. The average Bonchev–Trinajstić information content (AvgIpc) is 2.27. The smallest absolute Gasteiger partial charge is 0.314 e. The fourth-order valence-electron chi connectivity index (χ4n) is 1.35. The van der Waals surface area contributed by atoms with Crippen LogP contribution < -0.4 is 10.6 Å². The minimum absolute atomic E-state index is 0.000730. The van der Waals surface area contributed by atoms with E-state index in [1.165, 1.54) is 14.1 Å². The second-order valence-electron chi connectivity index (χ2n) is 4.92. The molecule has 0 rings (SSSR count). The van der Waals surface area contributed by atoms with Crippen LogP contribution in [0, 0.1) is 11.8 Å². The molecule has 0 aromatic rings.